The van der Waals surface area contributed by atoms with Gasteiger partial charge in [-0.1, -0.05) is 36.4 Å². The van der Waals surface area contributed by atoms with Crippen LogP contribution in [0.4, 0.5) is 0 Å². The van der Waals surface area contributed by atoms with E-state index in [-0.39, 0.29) is 0 Å². The van der Waals surface area contributed by atoms with Crippen LogP contribution in [-0.4, -0.2) is 34.9 Å². The van der Waals surface area contributed by atoms with Crippen LogP contribution in [0.2, 0.25) is 0 Å². The second-order valence-electron chi connectivity index (χ2n) is 4.49. The molecule has 0 saturated heterocycles. The van der Waals surface area contributed by atoms with Gasteiger partial charge in [0.15, 0.2) is 5.82 Å². The van der Waals surface area contributed by atoms with Gasteiger partial charge in [0.2, 0.25) is 11.6 Å². The highest BCUT2D eigenvalue weighted by molar-refractivity contribution is 5.56. The van der Waals surface area contributed by atoms with Crippen molar-refractivity contribution in [3.63, 3.8) is 0 Å². The van der Waals surface area contributed by atoms with E-state index >= 15 is 0 Å². The Morgan fingerprint density at radius 1 is 0.500 bits per heavy atom. The fraction of sp³-hybridized carbons (Fsp3) is 0. The van der Waals surface area contributed by atoms with Gasteiger partial charge in [-0.3, -0.25) is 4.98 Å². The lowest BCUT2D eigenvalue weighted by Gasteiger charge is -2.01. The van der Waals surface area contributed by atoms with Gasteiger partial charge in [0, 0.05) is 18.0 Å². The summed E-state index contributed by atoms with van der Waals surface area (Å²) in [6.07, 6.45) is 7.77. The molecule has 0 saturated carbocycles. The first-order chi connectivity index (χ1) is 11.9. The number of hydrogen-bond donors (Lipinski definition) is 0. The second-order valence-corrected chi connectivity index (χ2v) is 4.49. The molecule has 0 unspecified atom stereocenters. The van der Waals surface area contributed by atoms with Crippen molar-refractivity contribution < 1.29 is 0 Å². The van der Waals surface area contributed by atoms with Crippen molar-refractivity contribution in [3.05, 3.63) is 79.9 Å². The van der Waals surface area contributed by atoms with Gasteiger partial charge in [-0.25, -0.2) is 29.9 Å². The third-order valence-corrected chi connectivity index (χ3v) is 2.86. The van der Waals surface area contributed by atoms with Crippen LogP contribution >= 0.6 is 0 Å². The molecule has 3 aromatic heterocycles. The molecule has 1 aromatic carbocycles. The van der Waals surface area contributed by atoms with E-state index in [0.29, 0.717) is 17.5 Å². The Morgan fingerprint density at radius 2 is 1.12 bits per heavy atom. The van der Waals surface area contributed by atoms with Crippen LogP contribution in [0, 0.1) is 0 Å². The standard InChI is InChI=1S/C12H8N6.C5H5N/c1-2-4-9(5-3-1)10-16-8-17-12(18-10)11-14-6-13-7-15-11;1-2-4-6-5-3-1/h1-8H;1-5H. The normalized spacial score (nSPS) is 9.67. The van der Waals surface area contributed by atoms with E-state index in [1.807, 2.05) is 48.5 Å². The van der Waals surface area contributed by atoms with Gasteiger partial charge in [0.1, 0.15) is 19.0 Å². The van der Waals surface area contributed by atoms with Crippen molar-refractivity contribution in [2.75, 3.05) is 0 Å². The number of hydrogen-bond acceptors (Lipinski definition) is 7. The van der Waals surface area contributed by atoms with Crippen LogP contribution in [0.1, 0.15) is 0 Å². The lowest BCUT2D eigenvalue weighted by Crippen LogP contribution is -1.98. The maximum Gasteiger partial charge on any atom is 0.201 e. The zero-order chi connectivity index (χ0) is 16.5. The van der Waals surface area contributed by atoms with E-state index in [2.05, 4.69) is 34.9 Å². The van der Waals surface area contributed by atoms with Crippen LogP contribution in [0.25, 0.3) is 23.0 Å². The Kier molecular flexibility index (Phi) is 5.18. The smallest absolute Gasteiger partial charge is 0.201 e. The fourth-order valence-corrected chi connectivity index (χ4v) is 1.80. The van der Waals surface area contributed by atoms with E-state index in [1.165, 1.54) is 19.0 Å². The van der Waals surface area contributed by atoms with E-state index in [4.69, 9.17) is 0 Å². The molecule has 0 bridgehead atoms. The molecule has 0 radical (unpaired) electrons. The summed E-state index contributed by atoms with van der Waals surface area (Å²) in [7, 11) is 0. The van der Waals surface area contributed by atoms with Gasteiger partial charge in [0.25, 0.3) is 0 Å². The first-order valence-corrected chi connectivity index (χ1v) is 7.15. The lowest BCUT2D eigenvalue weighted by atomic mass is 10.2. The maximum absolute atomic E-state index is 4.34. The monoisotopic (exact) mass is 315 g/mol. The van der Waals surface area contributed by atoms with E-state index in [0.717, 1.165) is 5.56 Å². The minimum Gasteiger partial charge on any atom is -0.265 e. The molecule has 0 N–H and O–H groups in total. The molecule has 0 aliphatic rings. The lowest BCUT2D eigenvalue weighted by molar-refractivity contribution is 0.989. The molecule has 7 heteroatoms. The van der Waals surface area contributed by atoms with E-state index in [1.54, 1.807) is 12.4 Å². The fourth-order valence-electron chi connectivity index (χ4n) is 1.80. The van der Waals surface area contributed by atoms with Gasteiger partial charge in [-0.05, 0) is 12.1 Å². The molecule has 0 aliphatic carbocycles. The Bertz CT molecular complexity index is 774. The van der Waals surface area contributed by atoms with Crippen LogP contribution in [0.3, 0.4) is 0 Å². The van der Waals surface area contributed by atoms with Crippen LogP contribution < -0.4 is 0 Å². The summed E-state index contributed by atoms with van der Waals surface area (Å²) < 4.78 is 0. The third-order valence-electron chi connectivity index (χ3n) is 2.86. The molecule has 0 atom stereocenters. The average molecular weight is 315 g/mol. The molecule has 0 amide bonds. The van der Waals surface area contributed by atoms with Gasteiger partial charge >= 0.3 is 0 Å². The zero-order valence-corrected chi connectivity index (χ0v) is 12.6. The largest absolute Gasteiger partial charge is 0.265 e. The molecule has 3 heterocycles. The number of nitrogens with zero attached hydrogens (tertiary/aromatic N) is 7. The molecule has 0 fully saturated rings. The minimum atomic E-state index is 0.435. The highest BCUT2D eigenvalue weighted by Gasteiger charge is 2.07. The minimum absolute atomic E-state index is 0.435. The predicted molar refractivity (Wildman–Crippen MR) is 88.3 cm³/mol. The highest BCUT2D eigenvalue weighted by atomic mass is 15.1. The second kappa shape index (κ2) is 8.14. The number of benzene rings is 1. The van der Waals surface area contributed by atoms with E-state index in [9.17, 15) is 0 Å². The van der Waals surface area contributed by atoms with Gasteiger partial charge in [-0.2, -0.15) is 0 Å². The quantitative estimate of drug-likeness (QED) is 0.561. The van der Waals surface area contributed by atoms with Crippen LogP contribution in [0.5, 0.6) is 0 Å². The first-order valence-electron chi connectivity index (χ1n) is 7.15. The van der Waals surface area contributed by atoms with Gasteiger partial charge in [-0.15, -0.1) is 0 Å². The molecule has 4 aromatic rings. The molecule has 7 nitrogen and oxygen atoms in total. The number of pyridine rings is 1. The zero-order valence-electron chi connectivity index (χ0n) is 12.6. The summed E-state index contributed by atoms with van der Waals surface area (Å²) in [5, 5.41) is 0. The van der Waals surface area contributed by atoms with Crippen molar-refractivity contribution in [2.24, 2.45) is 0 Å². The summed E-state index contributed by atoms with van der Waals surface area (Å²) in [6.45, 7) is 0. The third kappa shape index (κ3) is 4.20. The number of aromatic nitrogens is 7. The molecule has 0 aliphatic heterocycles. The Hall–Kier alpha value is -3.61. The van der Waals surface area contributed by atoms with Crippen LogP contribution in [0.15, 0.2) is 79.9 Å². The van der Waals surface area contributed by atoms with Crippen molar-refractivity contribution >= 4 is 0 Å². The predicted octanol–water partition coefficient (Wildman–Crippen LogP) is 2.47. The molecular formula is C17H13N7. The molecule has 24 heavy (non-hydrogen) atoms. The Balaban J connectivity index is 0.000000238. The number of rotatable bonds is 2. The summed E-state index contributed by atoms with van der Waals surface area (Å²) in [5.74, 6) is 1.47. The maximum atomic E-state index is 4.34. The Morgan fingerprint density at radius 3 is 1.75 bits per heavy atom. The summed E-state index contributed by atoms with van der Waals surface area (Å²) in [4.78, 5) is 28.1. The molecule has 116 valence electrons. The van der Waals surface area contributed by atoms with Crippen LogP contribution in [-0.2, 0) is 0 Å². The Labute approximate surface area is 138 Å². The van der Waals surface area contributed by atoms with Gasteiger partial charge < -0.3 is 0 Å². The van der Waals surface area contributed by atoms with Crippen molar-refractivity contribution in [3.8, 4) is 23.0 Å². The molecule has 0 spiro atoms. The highest BCUT2D eigenvalue weighted by Crippen LogP contribution is 2.15. The van der Waals surface area contributed by atoms with Gasteiger partial charge in [0.05, 0.1) is 0 Å². The average Bonchev–Trinajstić information content (AvgIpc) is 2.71. The first kappa shape index (κ1) is 15.3. The van der Waals surface area contributed by atoms with Crippen molar-refractivity contribution in [2.45, 2.75) is 0 Å². The summed E-state index contributed by atoms with van der Waals surface area (Å²) in [6, 6.07) is 15.4. The summed E-state index contributed by atoms with van der Waals surface area (Å²) >= 11 is 0. The van der Waals surface area contributed by atoms with Crippen molar-refractivity contribution in [1.82, 2.24) is 34.9 Å². The SMILES string of the molecule is c1ccc(-c2ncnc(-c3ncncn3)n2)cc1.c1ccncc1. The summed E-state index contributed by atoms with van der Waals surface area (Å²) in [5.41, 5.74) is 0.926. The van der Waals surface area contributed by atoms with Crippen molar-refractivity contribution in [1.29, 1.82) is 0 Å². The topological polar surface area (TPSA) is 90.2 Å². The molecule has 4 rings (SSSR count). The molecular weight excluding hydrogens is 302 g/mol. The van der Waals surface area contributed by atoms with E-state index < -0.39 is 0 Å².